The Bertz CT molecular complexity index is 736. The smallest absolute Gasteiger partial charge is 0.253 e. The van der Waals surface area contributed by atoms with Crippen LogP contribution in [0, 0.1) is 6.92 Å². The molecular formula is C20H24N4O. The summed E-state index contributed by atoms with van der Waals surface area (Å²) in [5.41, 5.74) is 2.08. The van der Waals surface area contributed by atoms with Gasteiger partial charge in [0.05, 0.1) is 0 Å². The lowest BCUT2D eigenvalue weighted by atomic mass is 9.85. The molecule has 4 rings (SSSR count). The van der Waals surface area contributed by atoms with E-state index in [1.54, 1.807) is 0 Å². The third-order valence-electron chi connectivity index (χ3n) is 5.67. The molecule has 2 fully saturated rings. The van der Waals surface area contributed by atoms with Crippen molar-refractivity contribution >= 4 is 11.9 Å². The largest absolute Gasteiger partial charge is 0.338 e. The van der Waals surface area contributed by atoms with Crippen LogP contribution in [-0.2, 0) is 0 Å². The number of amides is 1. The zero-order valence-corrected chi connectivity index (χ0v) is 14.7. The summed E-state index contributed by atoms with van der Waals surface area (Å²) in [6.45, 7) is 4.65. The molecule has 5 nitrogen and oxygen atoms in total. The zero-order valence-electron chi connectivity index (χ0n) is 14.7. The molecule has 0 saturated carbocycles. The molecule has 0 N–H and O–H groups in total. The van der Waals surface area contributed by atoms with Gasteiger partial charge in [-0.1, -0.05) is 17.7 Å². The minimum atomic E-state index is 0.116. The molecule has 0 bridgehead atoms. The van der Waals surface area contributed by atoms with Crippen LogP contribution in [0.5, 0.6) is 0 Å². The maximum absolute atomic E-state index is 12.8. The molecule has 1 spiro atoms. The van der Waals surface area contributed by atoms with E-state index >= 15 is 0 Å². The second-order valence-corrected chi connectivity index (χ2v) is 7.19. The summed E-state index contributed by atoms with van der Waals surface area (Å²) in [6, 6.07) is 9.73. The standard InChI is InChI=1S/C20H24N4O/c1-16-4-6-17(7-5-16)18(25)23-14-9-20(10-15-23)8-2-13-24(20)19-21-11-3-12-22-19/h3-7,11-12H,2,8-10,13-15H2,1H3. The van der Waals surface area contributed by atoms with E-state index in [4.69, 9.17) is 0 Å². The van der Waals surface area contributed by atoms with Crippen molar-refractivity contribution in [2.24, 2.45) is 0 Å². The Kier molecular flexibility index (Phi) is 4.15. The molecule has 0 aliphatic carbocycles. The highest BCUT2D eigenvalue weighted by molar-refractivity contribution is 5.94. The van der Waals surface area contributed by atoms with Crippen molar-refractivity contribution in [2.45, 2.75) is 38.1 Å². The lowest BCUT2D eigenvalue weighted by molar-refractivity contribution is 0.0672. The molecule has 2 saturated heterocycles. The van der Waals surface area contributed by atoms with Crippen molar-refractivity contribution in [1.82, 2.24) is 14.9 Å². The summed E-state index contributed by atoms with van der Waals surface area (Å²) in [4.78, 5) is 26.0. The molecule has 1 aromatic heterocycles. The first-order chi connectivity index (χ1) is 12.2. The normalized spacial score (nSPS) is 19.4. The van der Waals surface area contributed by atoms with Gasteiger partial charge in [-0.2, -0.15) is 0 Å². The fourth-order valence-electron chi connectivity index (χ4n) is 4.21. The molecule has 25 heavy (non-hydrogen) atoms. The Hall–Kier alpha value is -2.43. The molecule has 1 amide bonds. The lowest BCUT2D eigenvalue weighted by Crippen LogP contribution is -2.53. The summed E-state index contributed by atoms with van der Waals surface area (Å²) in [5, 5.41) is 0. The highest BCUT2D eigenvalue weighted by Crippen LogP contribution is 2.40. The van der Waals surface area contributed by atoms with Gasteiger partial charge in [0.15, 0.2) is 0 Å². The number of benzene rings is 1. The first-order valence-corrected chi connectivity index (χ1v) is 9.09. The topological polar surface area (TPSA) is 49.3 Å². The number of likely N-dealkylation sites (tertiary alicyclic amines) is 1. The monoisotopic (exact) mass is 336 g/mol. The maximum Gasteiger partial charge on any atom is 0.253 e. The number of carbonyl (C=O) groups excluding carboxylic acids is 1. The highest BCUT2D eigenvalue weighted by Gasteiger charge is 2.44. The van der Waals surface area contributed by atoms with Crippen molar-refractivity contribution in [3.63, 3.8) is 0 Å². The third-order valence-corrected chi connectivity index (χ3v) is 5.67. The van der Waals surface area contributed by atoms with Crippen LogP contribution in [0.25, 0.3) is 0 Å². The average molecular weight is 336 g/mol. The summed E-state index contributed by atoms with van der Waals surface area (Å²) in [5.74, 6) is 0.980. The molecule has 5 heteroatoms. The number of aryl methyl sites for hydroxylation is 1. The quantitative estimate of drug-likeness (QED) is 0.846. The summed E-state index contributed by atoms with van der Waals surface area (Å²) in [6.07, 6.45) is 7.93. The molecule has 2 aromatic rings. The van der Waals surface area contributed by atoms with Gasteiger partial charge in [0.25, 0.3) is 5.91 Å². The maximum atomic E-state index is 12.8. The Morgan fingerprint density at radius 2 is 1.68 bits per heavy atom. The van der Waals surface area contributed by atoms with Crippen LogP contribution in [0.3, 0.4) is 0 Å². The molecule has 0 radical (unpaired) electrons. The minimum absolute atomic E-state index is 0.116. The molecule has 130 valence electrons. The van der Waals surface area contributed by atoms with Crippen molar-refractivity contribution in [3.05, 3.63) is 53.9 Å². The minimum Gasteiger partial charge on any atom is -0.338 e. The Labute approximate surface area is 148 Å². The van der Waals surface area contributed by atoms with Crippen LogP contribution >= 0.6 is 0 Å². The van der Waals surface area contributed by atoms with E-state index in [1.807, 2.05) is 54.5 Å². The average Bonchev–Trinajstić information content (AvgIpc) is 3.06. The molecule has 2 aliphatic heterocycles. The number of nitrogens with zero attached hydrogens (tertiary/aromatic N) is 4. The van der Waals surface area contributed by atoms with E-state index in [2.05, 4.69) is 14.9 Å². The molecule has 2 aliphatic rings. The van der Waals surface area contributed by atoms with Crippen molar-refractivity contribution in [2.75, 3.05) is 24.5 Å². The second kappa shape index (κ2) is 6.47. The van der Waals surface area contributed by atoms with Crippen LogP contribution < -0.4 is 4.90 Å². The van der Waals surface area contributed by atoms with Crippen LogP contribution in [-0.4, -0.2) is 45.9 Å². The van der Waals surface area contributed by atoms with Gasteiger partial charge in [-0.3, -0.25) is 4.79 Å². The van der Waals surface area contributed by atoms with Gasteiger partial charge >= 0.3 is 0 Å². The lowest BCUT2D eigenvalue weighted by Gasteiger charge is -2.45. The number of anilines is 1. The predicted molar refractivity (Wildman–Crippen MR) is 97.7 cm³/mol. The first kappa shape index (κ1) is 16.1. The molecule has 0 unspecified atom stereocenters. The summed E-state index contributed by atoms with van der Waals surface area (Å²) < 4.78 is 0. The fourth-order valence-corrected chi connectivity index (χ4v) is 4.21. The molecule has 1 aromatic carbocycles. The molecule has 3 heterocycles. The van der Waals surface area contributed by atoms with Crippen LogP contribution in [0.2, 0.25) is 0 Å². The number of rotatable bonds is 2. The highest BCUT2D eigenvalue weighted by atomic mass is 16.2. The third kappa shape index (κ3) is 2.99. The van der Waals surface area contributed by atoms with Gasteiger partial charge in [-0.05, 0) is 50.8 Å². The van der Waals surface area contributed by atoms with Crippen molar-refractivity contribution in [3.8, 4) is 0 Å². The number of piperidine rings is 1. The number of hydrogen-bond acceptors (Lipinski definition) is 4. The van der Waals surface area contributed by atoms with E-state index in [-0.39, 0.29) is 11.4 Å². The van der Waals surface area contributed by atoms with Crippen LogP contribution in [0.1, 0.15) is 41.6 Å². The Balaban J connectivity index is 1.47. The summed E-state index contributed by atoms with van der Waals surface area (Å²) >= 11 is 0. The Morgan fingerprint density at radius 3 is 2.36 bits per heavy atom. The summed E-state index contributed by atoms with van der Waals surface area (Å²) in [7, 11) is 0. The SMILES string of the molecule is Cc1ccc(C(=O)N2CCC3(CCCN3c3ncccn3)CC2)cc1. The van der Waals surface area contributed by atoms with E-state index in [0.29, 0.717) is 0 Å². The van der Waals surface area contributed by atoms with E-state index in [0.717, 1.165) is 50.4 Å². The number of hydrogen-bond donors (Lipinski definition) is 0. The van der Waals surface area contributed by atoms with Crippen LogP contribution in [0.4, 0.5) is 5.95 Å². The van der Waals surface area contributed by atoms with Crippen molar-refractivity contribution < 1.29 is 4.79 Å². The zero-order chi connectivity index (χ0) is 17.3. The van der Waals surface area contributed by atoms with Gasteiger partial charge < -0.3 is 9.80 Å². The number of aromatic nitrogens is 2. The van der Waals surface area contributed by atoms with Gasteiger partial charge in [0.1, 0.15) is 0 Å². The van der Waals surface area contributed by atoms with Crippen molar-refractivity contribution in [1.29, 1.82) is 0 Å². The van der Waals surface area contributed by atoms with E-state index < -0.39 is 0 Å². The molecule has 0 atom stereocenters. The number of carbonyl (C=O) groups is 1. The first-order valence-electron chi connectivity index (χ1n) is 9.09. The van der Waals surface area contributed by atoms with E-state index in [1.165, 1.54) is 12.0 Å². The second-order valence-electron chi connectivity index (χ2n) is 7.19. The predicted octanol–water partition coefficient (Wildman–Crippen LogP) is 3.06. The van der Waals surface area contributed by atoms with Gasteiger partial charge in [0, 0.05) is 43.1 Å². The fraction of sp³-hybridized carbons (Fsp3) is 0.450. The van der Waals surface area contributed by atoms with Gasteiger partial charge in [-0.25, -0.2) is 9.97 Å². The van der Waals surface area contributed by atoms with E-state index in [9.17, 15) is 4.79 Å². The van der Waals surface area contributed by atoms with Gasteiger partial charge in [0.2, 0.25) is 5.95 Å². The van der Waals surface area contributed by atoms with Gasteiger partial charge in [-0.15, -0.1) is 0 Å². The van der Waals surface area contributed by atoms with Crippen LogP contribution in [0.15, 0.2) is 42.7 Å². The Morgan fingerprint density at radius 1 is 1.00 bits per heavy atom. The molecular weight excluding hydrogens is 312 g/mol.